The van der Waals surface area contributed by atoms with Crippen LogP contribution in [-0.4, -0.2) is 22.1 Å². The van der Waals surface area contributed by atoms with Gasteiger partial charge in [0.05, 0.1) is 11.9 Å². The van der Waals surface area contributed by atoms with Crippen LogP contribution in [0.15, 0.2) is 54.1 Å². The molecule has 1 aromatic heterocycles. The van der Waals surface area contributed by atoms with Crippen molar-refractivity contribution in [3.63, 3.8) is 0 Å². The predicted octanol–water partition coefficient (Wildman–Crippen LogP) is 5.43. The summed E-state index contributed by atoms with van der Waals surface area (Å²) in [6, 6.07) is 8.71. The lowest BCUT2D eigenvalue weighted by molar-refractivity contribution is 0.278. The predicted molar refractivity (Wildman–Crippen MR) is 131 cm³/mol. The second-order valence-corrected chi connectivity index (χ2v) is 9.99. The highest BCUT2D eigenvalue weighted by Crippen LogP contribution is 2.50. The van der Waals surface area contributed by atoms with Crippen LogP contribution in [0.1, 0.15) is 23.1 Å². The topological polar surface area (TPSA) is 59.5 Å². The smallest absolute Gasteiger partial charge is 0.130 e. The zero-order valence-electron chi connectivity index (χ0n) is 17.1. The maximum absolute atomic E-state index is 6.25. The third-order valence-corrected chi connectivity index (χ3v) is 7.52. The van der Waals surface area contributed by atoms with Gasteiger partial charge >= 0.3 is 0 Å². The molecule has 0 fully saturated rings. The Hall–Kier alpha value is -2.74. The fourth-order valence-corrected chi connectivity index (χ4v) is 5.52. The van der Waals surface area contributed by atoms with E-state index in [4.69, 9.17) is 9.47 Å². The first-order valence-electron chi connectivity index (χ1n) is 10.2. The van der Waals surface area contributed by atoms with E-state index < -0.39 is 0 Å². The third kappa shape index (κ3) is 3.15. The van der Waals surface area contributed by atoms with Crippen molar-refractivity contribution in [2.75, 3.05) is 6.66 Å². The van der Waals surface area contributed by atoms with Crippen LogP contribution in [0.5, 0.6) is 11.5 Å². The number of nitrogens with zero attached hydrogens (tertiary/aromatic N) is 2. The molecule has 3 aliphatic heterocycles. The van der Waals surface area contributed by atoms with Crippen molar-refractivity contribution < 1.29 is 9.47 Å². The molecule has 3 aliphatic rings. The summed E-state index contributed by atoms with van der Waals surface area (Å²) >= 11 is 0. The molecule has 2 unspecified atom stereocenters. The lowest BCUT2D eigenvalue weighted by atomic mass is 9.87. The average molecular weight is 445 g/mol. The quantitative estimate of drug-likeness (QED) is 0.533. The number of imidazole rings is 1. The molecule has 0 amide bonds. The van der Waals surface area contributed by atoms with Crippen molar-refractivity contribution in [1.82, 2.24) is 9.97 Å². The SMILES string of the molecule is C=CPc1ncc(-c2cc3c4c(c2)OCc2cc(C5=CN=C(PC)C5)cc(c2-4)OC3)[nH]1. The van der Waals surface area contributed by atoms with Crippen LogP contribution in [0.3, 0.4) is 0 Å². The Kier molecular flexibility index (Phi) is 4.56. The van der Waals surface area contributed by atoms with Gasteiger partial charge in [0.25, 0.3) is 0 Å². The molecule has 0 saturated carbocycles. The van der Waals surface area contributed by atoms with Gasteiger partial charge in [-0.3, -0.25) is 4.99 Å². The van der Waals surface area contributed by atoms with Gasteiger partial charge in [0.1, 0.15) is 30.3 Å². The zero-order chi connectivity index (χ0) is 20.9. The molecule has 0 spiro atoms. The number of rotatable bonds is 5. The Morgan fingerprint density at radius 2 is 1.74 bits per heavy atom. The summed E-state index contributed by atoms with van der Waals surface area (Å²) in [5, 5.41) is 0. The van der Waals surface area contributed by atoms with Crippen molar-refractivity contribution in [2.45, 2.75) is 19.6 Å². The molecule has 31 heavy (non-hydrogen) atoms. The largest absolute Gasteiger partial charge is 0.488 e. The number of nitrogens with one attached hydrogen (secondary N) is 1. The molecule has 3 aromatic rings. The monoisotopic (exact) mass is 445 g/mol. The van der Waals surface area contributed by atoms with Crippen molar-refractivity contribution in [2.24, 2.45) is 4.99 Å². The van der Waals surface area contributed by atoms with E-state index in [1.807, 2.05) is 18.2 Å². The number of H-pyrrole nitrogens is 1. The molecule has 7 heteroatoms. The molecule has 154 valence electrons. The number of hydrogen-bond acceptors (Lipinski definition) is 4. The maximum Gasteiger partial charge on any atom is 0.130 e. The van der Waals surface area contributed by atoms with Crippen molar-refractivity contribution in [3.8, 4) is 33.9 Å². The number of benzene rings is 2. The lowest BCUT2D eigenvalue weighted by Crippen LogP contribution is -2.15. The van der Waals surface area contributed by atoms with Gasteiger partial charge in [-0.25, -0.2) is 4.98 Å². The van der Waals surface area contributed by atoms with E-state index in [-0.39, 0.29) is 0 Å². The highest BCUT2D eigenvalue weighted by Gasteiger charge is 2.30. The van der Waals surface area contributed by atoms with E-state index >= 15 is 0 Å². The first-order chi connectivity index (χ1) is 15.2. The van der Waals surface area contributed by atoms with Gasteiger partial charge in [0, 0.05) is 45.9 Å². The highest BCUT2D eigenvalue weighted by atomic mass is 31.1. The average Bonchev–Trinajstić information content (AvgIpc) is 3.47. The van der Waals surface area contributed by atoms with E-state index in [1.165, 1.54) is 27.7 Å². The summed E-state index contributed by atoms with van der Waals surface area (Å²) in [6.45, 7) is 7.05. The standard InChI is InChI=1S/C24H21N3O2P2/c1-3-31-24-26-10-18(27-24)14-5-17-12-28-19-6-13(15-8-21(30-2)25-9-15)4-16-11-29-20(7-14)23(17)22(16)19/h3-7,9-10,30-31H,1,8,11-12H2,2H3,(H,26,27). The number of hydrogen-bond donors (Lipinski definition) is 1. The Morgan fingerprint density at radius 3 is 2.42 bits per heavy atom. The molecule has 2 aromatic carbocycles. The van der Waals surface area contributed by atoms with Crippen LogP contribution in [-0.2, 0) is 13.2 Å². The van der Waals surface area contributed by atoms with Crippen LogP contribution in [0.2, 0.25) is 0 Å². The van der Waals surface area contributed by atoms with Crippen LogP contribution in [0.4, 0.5) is 0 Å². The van der Waals surface area contributed by atoms with Gasteiger partial charge < -0.3 is 14.5 Å². The Labute approximate surface area is 184 Å². The lowest BCUT2D eigenvalue weighted by Gasteiger charge is -2.30. The number of aromatic amines is 1. The first kappa shape index (κ1) is 19.0. The molecule has 0 aliphatic carbocycles. The minimum Gasteiger partial charge on any atom is -0.488 e. The fraction of sp³-hybridized carbons (Fsp3) is 0.167. The van der Waals surface area contributed by atoms with Crippen LogP contribution in [0.25, 0.3) is 28.0 Å². The van der Waals surface area contributed by atoms with Crippen molar-refractivity contribution in [1.29, 1.82) is 0 Å². The van der Waals surface area contributed by atoms with Crippen molar-refractivity contribution >= 4 is 33.8 Å². The Bertz CT molecular complexity index is 1260. The summed E-state index contributed by atoms with van der Waals surface area (Å²) in [5.74, 6) is 3.74. The normalized spacial score (nSPS) is 16.3. The summed E-state index contributed by atoms with van der Waals surface area (Å²) in [6.07, 6.45) is 4.81. The molecule has 5 nitrogen and oxygen atoms in total. The Morgan fingerprint density at radius 1 is 1.03 bits per heavy atom. The van der Waals surface area contributed by atoms with Gasteiger partial charge in [-0.15, -0.1) is 0 Å². The molecule has 1 N–H and O–H groups in total. The van der Waals surface area contributed by atoms with E-state index in [0.29, 0.717) is 21.8 Å². The van der Waals surface area contributed by atoms with Gasteiger partial charge in [0.15, 0.2) is 0 Å². The van der Waals surface area contributed by atoms with E-state index in [1.54, 1.807) is 0 Å². The zero-order valence-corrected chi connectivity index (χ0v) is 19.1. The van der Waals surface area contributed by atoms with E-state index in [0.717, 1.165) is 54.5 Å². The van der Waals surface area contributed by atoms with Gasteiger partial charge in [-0.1, -0.05) is 21.0 Å². The molecule has 4 heterocycles. The second-order valence-electron chi connectivity index (χ2n) is 7.75. The molecular weight excluding hydrogens is 424 g/mol. The summed E-state index contributed by atoms with van der Waals surface area (Å²) in [5.41, 5.74) is 11.4. The fourth-order valence-electron chi connectivity index (χ4n) is 4.42. The minimum absolute atomic E-state index is 0.470. The summed E-state index contributed by atoms with van der Waals surface area (Å²) in [4.78, 5) is 12.4. The number of allylic oxidation sites excluding steroid dienone is 1. The molecule has 0 radical (unpaired) electrons. The number of aliphatic imine (C=N–C) groups is 1. The molecule has 0 saturated heterocycles. The minimum atomic E-state index is 0.470. The van der Waals surface area contributed by atoms with Crippen LogP contribution in [0, 0.1) is 0 Å². The number of aromatic nitrogens is 2. The second kappa shape index (κ2) is 7.44. The summed E-state index contributed by atoms with van der Waals surface area (Å²) in [7, 11) is 1.22. The van der Waals surface area contributed by atoms with Gasteiger partial charge in [-0.05, 0) is 50.6 Å². The van der Waals surface area contributed by atoms with Gasteiger partial charge in [0.2, 0.25) is 0 Å². The van der Waals surface area contributed by atoms with E-state index in [2.05, 4.69) is 52.5 Å². The highest BCUT2D eigenvalue weighted by molar-refractivity contribution is 7.57. The summed E-state index contributed by atoms with van der Waals surface area (Å²) < 4.78 is 12.5. The van der Waals surface area contributed by atoms with Crippen LogP contribution < -0.4 is 15.0 Å². The van der Waals surface area contributed by atoms with Crippen molar-refractivity contribution in [3.05, 3.63) is 65.7 Å². The molecule has 0 bridgehead atoms. The maximum atomic E-state index is 6.25. The van der Waals surface area contributed by atoms with Crippen LogP contribution >= 0.6 is 17.2 Å². The Balaban J connectivity index is 1.41. The first-order valence-corrected chi connectivity index (χ1v) is 12.8. The third-order valence-electron chi connectivity index (χ3n) is 5.90. The van der Waals surface area contributed by atoms with Gasteiger partial charge in [-0.2, -0.15) is 0 Å². The number of ether oxygens (including phenoxy) is 2. The van der Waals surface area contributed by atoms with E-state index in [9.17, 15) is 0 Å². The molecule has 6 rings (SSSR count). The molecular formula is C24H21N3O2P2. The molecule has 2 atom stereocenters.